The zero-order valence-corrected chi connectivity index (χ0v) is 9.24. The number of nitrogens with zero attached hydrogens (tertiary/aromatic N) is 1. The summed E-state index contributed by atoms with van der Waals surface area (Å²) in [7, 11) is 0. The van der Waals surface area contributed by atoms with E-state index in [9.17, 15) is 9.59 Å². The first-order valence-electron chi connectivity index (χ1n) is 5.14. The van der Waals surface area contributed by atoms with Crippen molar-refractivity contribution in [2.24, 2.45) is 0 Å². The molecule has 2 rings (SSSR count). The fourth-order valence-corrected chi connectivity index (χ4v) is 1.47. The highest BCUT2D eigenvalue weighted by molar-refractivity contribution is 6.10. The number of carboxylic acid groups (broad SMARTS) is 1. The molecule has 1 N–H and O–H groups in total. The van der Waals surface area contributed by atoms with Crippen LogP contribution in [0.4, 0.5) is 4.79 Å². The zero-order chi connectivity index (χ0) is 13.0. The first-order valence-corrected chi connectivity index (χ1v) is 5.14. The van der Waals surface area contributed by atoms with Gasteiger partial charge in [0.1, 0.15) is 0 Å². The Morgan fingerprint density at radius 3 is 2.44 bits per heavy atom. The van der Waals surface area contributed by atoms with E-state index in [-0.39, 0.29) is 17.2 Å². The van der Waals surface area contributed by atoms with Crippen molar-refractivity contribution in [3.8, 4) is 5.88 Å². The topological polar surface area (TPSA) is 76.5 Å². The van der Waals surface area contributed by atoms with Crippen LogP contribution in [-0.4, -0.2) is 22.0 Å². The molecule has 5 nitrogen and oxygen atoms in total. The minimum atomic E-state index is -1.50. The lowest BCUT2D eigenvalue weighted by molar-refractivity contribution is 0.103. The SMILES string of the molecule is O=C(O)Oc1ncccc1C(=O)c1ccccc1. The number of carbonyl (C=O) groups is 2. The van der Waals surface area contributed by atoms with Crippen molar-refractivity contribution in [2.75, 3.05) is 0 Å². The number of carbonyl (C=O) groups excluding carboxylic acids is 1. The third kappa shape index (κ3) is 2.52. The van der Waals surface area contributed by atoms with Crippen LogP contribution in [0.25, 0.3) is 0 Å². The number of ether oxygens (including phenoxy) is 1. The molecule has 1 heterocycles. The van der Waals surface area contributed by atoms with Crippen LogP contribution in [0.1, 0.15) is 15.9 Å². The lowest BCUT2D eigenvalue weighted by Gasteiger charge is -2.05. The van der Waals surface area contributed by atoms with Gasteiger partial charge in [0, 0.05) is 11.8 Å². The van der Waals surface area contributed by atoms with Gasteiger partial charge in [-0.15, -0.1) is 0 Å². The van der Waals surface area contributed by atoms with Crippen molar-refractivity contribution in [3.05, 3.63) is 59.8 Å². The molecule has 0 saturated heterocycles. The van der Waals surface area contributed by atoms with Gasteiger partial charge < -0.3 is 9.84 Å². The standard InChI is InChI=1S/C13H9NO4/c15-11(9-5-2-1-3-6-9)10-7-4-8-14-12(10)18-13(16)17/h1-8H,(H,16,17). The quantitative estimate of drug-likeness (QED) is 0.661. The number of hydrogen-bond donors (Lipinski definition) is 1. The molecule has 0 saturated carbocycles. The largest absolute Gasteiger partial charge is 0.512 e. The molecule has 2 aromatic rings. The summed E-state index contributed by atoms with van der Waals surface area (Å²) in [6, 6.07) is 11.5. The van der Waals surface area contributed by atoms with Crippen LogP contribution in [-0.2, 0) is 0 Å². The van der Waals surface area contributed by atoms with Gasteiger partial charge in [0.2, 0.25) is 5.88 Å². The van der Waals surface area contributed by atoms with Crippen LogP contribution >= 0.6 is 0 Å². The Hall–Kier alpha value is -2.69. The van der Waals surface area contributed by atoms with E-state index in [1.54, 1.807) is 36.4 Å². The zero-order valence-electron chi connectivity index (χ0n) is 9.24. The predicted molar refractivity (Wildman–Crippen MR) is 62.8 cm³/mol. The molecule has 0 atom stereocenters. The van der Waals surface area contributed by atoms with Crippen LogP contribution in [0.15, 0.2) is 48.7 Å². The molecule has 0 aliphatic heterocycles. The predicted octanol–water partition coefficient (Wildman–Crippen LogP) is 2.37. The molecule has 0 fully saturated rings. The molecule has 5 heteroatoms. The molecule has 0 unspecified atom stereocenters. The number of pyridine rings is 1. The van der Waals surface area contributed by atoms with Crippen molar-refractivity contribution in [1.82, 2.24) is 4.98 Å². The fraction of sp³-hybridized carbons (Fsp3) is 0. The lowest BCUT2D eigenvalue weighted by atomic mass is 10.0. The summed E-state index contributed by atoms with van der Waals surface area (Å²) in [5, 5.41) is 8.57. The molecule has 18 heavy (non-hydrogen) atoms. The summed E-state index contributed by atoms with van der Waals surface area (Å²) in [6.07, 6.45) is -0.143. The lowest BCUT2D eigenvalue weighted by Crippen LogP contribution is -2.10. The first-order chi connectivity index (χ1) is 8.68. The third-order valence-electron chi connectivity index (χ3n) is 2.24. The molecule has 0 amide bonds. The van der Waals surface area contributed by atoms with Gasteiger partial charge in [0.05, 0.1) is 5.56 Å². The maximum Gasteiger partial charge on any atom is 0.512 e. The van der Waals surface area contributed by atoms with Gasteiger partial charge in [0.15, 0.2) is 5.78 Å². The average Bonchev–Trinajstić information content (AvgIpc) is 2.39. The average molecular weight is 243 g/mol. The number of aromatic nitrogens is 1. The van der Waals surface area contributed by atoms with Crippen molar-refractivity contribution in [2.45, 2.75) is 0 Å². The molecule has 1 aromatic heterocycles. The minimum absolute atomic E-state index is 0.117. The van der Waals surface area contributed by atoms with E-state index in [0.29, 0.717) is 5.56 Å². The Morgan fingerprint density at radius 1 is 1.06 bits per heavy atom. The summed E-state index contributed by atoms with van der Waals surface area (Å²) >= 11 is 0. The molecule has 0 bridgehead atoms. The van der Waals surface area contributed by atoms with Gasteiger partial charge in [-0.3, -0.25) is 4.79 Å². The van der Waals surface area contributed by atoms with Crippen molar-refractivity contribution >= 4 is 11.9 Å². The summed E-state index contributed by atoms with van der Waals surface area (Å²) in [6.45, 7) is 0. The maximum absolute atomic E-state index is 12.1. The second-order valence-electron chi connectivity index (χ2n) is 3.42. The summed E-state index contributed by atoms with van der Waals surface area (Å²) in [5.41, 5.74) is 0.562. The highest BCUT2D eigenvalue weighted by atomic mass is 16.7. The van der Waals surface area contributed by atoms with E-state index in [4.69, 9.17) is 5.11 Å². The maximum atomic E-state index is 12.1. The Bertz CT molecular complexity index is 581. The van der Waals surface area contributed by atoms with E-state index in [2.05, 4.69) is 9.72 Å². The molecular formula is C13H9NO4. The molecular weight excluding hydrogens is 234 g/mol. The Balaban J connectivity index is 2.39. The Kier molecular flexibility index (Phi) is 3.33. The van der Waals surface area contributed by atoms with Gasteiger partial charge in [-0.25, -0.2) is 9.78 Å². The second-order valence-corrected chi connectivity index (χ2v) is 3.42. The highest BCUT2D eigenvalue weighted by Crippen LogP contribution is 2.18. The van der Waals surface area contributed by atoms with Crippen molar-refractivity contribution < 1.29 is 19.4 Å². The highest BCUT2D eigenvalue weighted by Gasteiger charge is 2.17. The van der Waals surface area contributed by atoms with Gasteiger partial charge >= 0.3 is 6.16 Å². The monoisotopic (exact) mass is 243 g/mol. The Morgan fingerprint density at radius 2 is 1.78 bits per heavy atom. The van der Waals surface area contributed by atoms with Crippen molar-refractivity contribution in [1.29, 1.82) is 0 Å². The summed E-state index contributed by atoms with van der Waals surface area (Å²) in [4.78, 5) is 26.4. The molecule has 0 radical (unpaired) electrons. The molecule has 90 valence electrons. The smallest absolute Gasteiger partial charge is 0.449 e. The van der Waals surface area contributed by atoms with Gasteiger partial charge in [0.25, 0.3) is 0 Å². The van der Waals surface area contributed by atoms with Gasteiger partial charge in [-0.1, -0.05) is 30.3 Å². The number of ketones is 1. The van der Waals surface area contributed by atoms with Crippen LogP contribution in [0.3, 0.4) is 0 Å². The van der Waals surface area contributed by atoms with Crippen LogP contribution < -0.4 is 4.74 Å². The third-order valence-corrected chi connectivity index (χ3v) is 2.24. The van der Waals surface area contributed by atoms with Crippen molar-refractivity contribution in [3.63, 3.8) is 0 Å². The van der Waals surface area contributed by atoms with Gasteiger partial charge in [-0.05, 0) is 12.1 Å². The molecule has 0 aliphatic rings. The number of benzene rings is 1. The van der Waals surface area contributed by atoms with E-state index in [1.807, 2.05) is 0 Å². The van der Waals surface area contributed by atoms with E-state index in [1.165, 1.54) is 12.3 Å². The molecule has 1 aromatic carbocycles. The summed E-state index contributed by atoms with van der Waals surface area (Å²) < 4.78 is 4.47. The van der Waals surface area contributed by atoms with Crippen LogP contribution in [0.5, 0.6) is 5.88 Å². The summed E-state index contributed by atoms with van der Waals surface area (Å²) in [5.74, 6) is -0.543. The van der Waals surface area contributed by atoms with E-state index in [0.717, 1.165) is 0 Å². The fourth-order valence-electron chi connectivity index (χ4n) is 1.47. The first kappa shape index (κ1) is 11.8. The number of rotatable bonds is 3. The Labute approximate surface area is 103 Å². The molecule has 0 spiro atoms. The van der Waals surface area contributed by atoms with E-state index < -0.39 is 6.16 Å². The number of hydrogen-bond acceptors (Lipinski definition) is 4. The van der Waals surface area contributed by atoms with E-state index >= 15 is 0 Å². The van der Waals surface area contributed by atoms with Gasteiger partial charge in [-0.2, -0.15) is 0 Å². The molecule has 0 aliphatic carbocycles. The second kappa shape index (κ2) is 5.09. The van der Waals surface area contributed by atoms with Crippen LogP contribution in [0.2, 0.25) is 0 Å². The minimum Gasteiger partial charge on any atom is -0.449 e. The van der Waals surface area contributed by atoms with Crippen LogP contribution in [0, 0.1) is 0 Å². The normalized spacial score (nSPS) is 9.78.